The van der Waals surface area contributed by atoms with Gasteiger partial charge >= 0.3 is 0 Å². The van der Waals surface area contributed by atoms with Crippen molar-refractivity contribution < 1.29 is 0 Å². The summed E-state index contributed by atoms with van der Waals surface area (Å²) >= 11 is 0. The summed E-state index contributed by atoms with van der Waals surface area (Å²) in [5.41, 5.74) is 5.32. The predicted octanol–water partition coefficient (Wildman–Crippen LogP) is -1.68. The second-order valence-electron chi connectivity index (χ2n) is 2.92. The third-order valence-corrected chi connectivity index (χ3v) is 1.78. The molecule has 0 aromatic heterocycles. The molecular formula is C8H23N5. The maximum absolute atomic E-state index is 5.60. The number of nitrogens with zero attached hydrogens (tertiary/aromatic N) is 1. The number of hydrogen-bond donors (Lipinski definition) is 4. The summed E-state index contributed by atoms with van der Waals surface area (Å²) in [5.74, 6) is 5.60. The van der Waals surface area contributed by atoms with Crippen LogP contribution < -0.4 is 22.2 Å². The van der Waals surface area contributed by atoms with Gasteiger partial charge in [0.05, 0.1) is 0 Å². The van der Waals surface area contributed by atoms with E-state index in [-0.39, 0.29) is 0 Å². The number of rotatable bonds is 9. The first-order valence-electron chi connectivity index (χ1n) is 4.92. The molecule has 0 spiro atoms. The molecular weight excluding hydrogens is 166 g/mol. The summed E-state index contributed by atoms with van der Waals surface area (Å²) in [6.45, 7) is 8.30. The first-order chi connectivity index (χ1) is 6.31. The Morgan fingerprint density at radius 2 is 1.69 bits per heavy atom. The van der Waals surface area contributed by atoms with Crippen molar-refractivity contribution >= 4 is 0 Å². The summed E-state index contributed by atoms with van der Waals surface area (Å²) in [7, 11) is 0. The zero-order valence-electron chi connectivity index (χ0n) is 8.55. The minimum absolute atomic E-state index is 0.701. The molecule has 0 aliphatic heterocycles. The topological polar surface area (TPSA) is 79.3 Å². The highest BCUT2D eigenvalue weighted by Gasteiger charge is 1.92. The lowest BCUT2D eigenvalue weighted by molar-refractivity contribution is 0.298. The van der Waals surface area contributed by atoms with E-state index in [9.17, 15) is 0 Å². The Kier molecular flexibility index (Phi) is 9.73. The van der Waals surface area contributed by atoms with E-state index in [0.717, 1.165) is 39.3 Å². The maximum atomic E-state index is 5.60. The van der Waals surface area contributed by atoms with Crippen molar-refractivity contribution in [1.82, 2.24) is 15.6 Å². The second-order valence-corrected chi connectivity index (χ2v) is 2.92. The third-order valence-electron chi connectivity index (χ3n) is 1.78. The van der Waals surface area contributed by atoms with Crippen molar-refractivity contribution in [3.63, 3.8) is 0 Å². The number of likely N-dealkylation sites (N-methyl/N-ethyl adjacent to an activating group) is 1. The Bertz CT molecular complexity index is 98.5. The first kappa shape index (κ1) is 12.8. The normalized spacial score (nSPS) is 11.1. The van der Waals surface area contributed by atoms with Gasteiger partial charge in [-0.15, -0.1) is 0 Å². The average Bonchev–Trinajstić information content (AvgIpc) is 2.16. The van der Waals surface area contributed by atoms with Crippen LogP contribution in [-0.2, 0) is 0 Å². The van der Waals surface area contributed by atoms with E-state index in [1.165, 1.54) is 0 Å². The lowest BCUT2D eigenvalue weighted by Crippen LogP contribution is -2.39. The monoisotopic (exact) mass is 189 g/mol. The zero-order valence-corrected chi connectivity index (χ0v) is 8.55. The van der Waals surface area contributed by atoms with Gasteiger partial charge in [-0.2, -0.15) is 0 Å². The van der Waals surface area contributed by atoms with Gasteiger partial charge < -0.3 is 16.4 Å². The molecule has 5 nitrogen and oxygen atoms in total. The molecule has 5 heteroatoms. The van der Waals surface area contributed by atoms with Crippen LogP contribution in [0.25, 0.3) is 0 Å². The molecule has 0 aliphatic rings. The van der Waals surface area contributed by atoms with E-state index in [1.54, 1.807) is 5.01 Å². The lowest BCUT2D eigenvalue weighted by Gasteiger charge is -2.13. The molecule has 0 amide bonds. The van der Waals surface area contributed by atoms with Gasteiger partial charge in [-0.3, -0.25) is 5.84 Å². The molecule has 0 saturated carbocycles. The molecule has 0 unspecified atom stereocenters. The molecule has 0 saturated heterocycles. The summed E-state index contributed by atoms with van der Waals surface area (Å²) in [6, 6.07) is 0. The standard InChI is InChI=1S/C8H23N5/c1-2-13(10)8-7-12-6-5-11-4-3-9/h11-12H,2-10H2,1H3. The number of nitrogens with two attached hydrogens (primary N) is 2. The van der Waals surface area contributed by atoms with Gasteiger partial charge in [0.2, 0.25) is 0 Å². The van der Waals surface area contributed by atoms with Gasteiger partial charge in [-0.25, -0.2) is 5.01 Å². The minimum Gasteiger partial charge on any atom is -0.329 e. The molecule has 0 heterocycles. The molecule has 0 fully saturated rings. The van der Waals surface area contributed by atoms with Crippen molar-refractivity contribution in [2.45, 2.75) is 6.92 Å². The quantitative estimate of drug-likeness (QED) is 0.198. The number of hydrazine groups is 1. The number of hydrogen-bond acceptors (Lipinski definition) is 5. The summed E-state index contributed by atoms with van der Waals surface area (Å²) in [5, 5.41) is 8.28. The van der Waals surface area contributed by atoms with E-state index in [1.807, 2.05) is 6.92 Å². The van der Waals surface area contributed by atoms with Crippen LogP contribution in [0.3, 0.4) is 0 Å². The fraction of sp³-hybridized carbons (Fsp3) is 1.00. The Morgan fingerprint density at radius 1 is 1.08 bits per heavy atom. The molecule has 6 N–H and O–H groups in total. The van der Waals surface area contributed by atoms with E-state index < -0.39 is 0 Å². The van der Waals surface area contributed by atoms with Crippen molar-refractivity contribution in [3.05, 3.63) is 0 Å². The van der Waals surface area contributed by atoms with E-state index in [4.69, 9.17) is 11.6 Å². The molecule has 0 rings (SSSR count). The molecule has 0 aliphatic carbocycles. The van der Waals surface area contributed by atoms with Crippen LogP contribution in [-0.4, -0.2) is 50.8 Å². The first-order valence-corrected chi connectivity index (χ1v) is 4.92. The minimum atomic E-state index is 0.701. The van der Waals surface area contributed by atoms with Gasteiger partial charge in [-0.1, -0.05) is 6.92 Å². The molecule has 0 aromatic rings. The predicted molar refractivity (Wildman–Crippen MR) is 56.2 cm³/mol. The molecule has 80 valence electrons. The maximum Gasteiger partial charge on any atom is 0.0253 e. The molecule has 0 atom stereocenters. The fourth-order valence-electron chi connectivity index (χ4n) is 0.910. The Hall–Kier alpha value is -0.200. The van der Waals surface area contributed by atoms with Crippen molar-refractivity contribution in [3.8, 4) is 0 Å². The van der Waals surface area contributed by atoms with Gasteiger partial charge in [0, 0.05) is 45.8 Å². The Morgan fingerprint density at radius 3 is 2.23 bits per heavy atom. The van der Waals surface area contributed by atoms with Crippen LogP contribution >= 0.6 is 0 Å². The summed E-state index contributed by atoms with van der Waals surface area (Å²) < 4.78 is 0. The Balaban J connectivity index is 2.91. The van der Waals surface area contributed by atoms with Crippen LogP contribution in [0.5, 0.6) is 0 Å². The SMILES string of the molecule is CCN(N)CCNCCNCCN. The van der Waals surface area contributed by atoms with Crippen molar-refractivity contribution in [1.29, 1.82) is 0 Å². The van der Waals surface area contributed by atoms with Crippen LogP contribution in [0, 0.1) is 0 Å². The highest BCUT2D eigenvalue weighted by molar-refractivity contribution is 4.54. The number of nitrogens with one attached hydrogen (secondary N) is 2. The van der Waals surface area contributed by atoms with Gasteiger partial charge in [0.25, 0.3) is 0 Å². The molecule has 0 aromatic carbocycles. The fourth-order valence-corrected chi connectivity index (χ4v) is 0.910. The third kappa shape index (κ3) is 9.72. The highest BCUT2D eigenvalue weighted by atomic mass is 15.4. The van der Waals surface area contributed by atoms with E-state index >= 15 is 0 Å². The lowest BCUT2D eigenvalue weighted by atomic mass is 10.5. The zero-order chi connectivity index (χ0) is 9.94. The van der Waals surface area contributed by atoms with Gasteiger partial charge in [0.15, 0.2) is 0 Å². The second kappa shape index (κ2) is 9.88. The van der Waals surface area contributed by atoms with E-state index in [0.29, 0.717) is 6.54 Å². The van der Waals surface area contributed by atoms with Crippen LogP contribution in [0.15, 0.2) is 0 Å². The average molecular weight is 189 g/mol. The van der Waals surface area contributed by atoms with Crippen LogP contribution in [0.2, 0.25) is 0 Å². The van der Waals surface area contributed by atoms with E-state index in [2.05, 4.69) is 10.6 Å². The highest BCUT2D eigenvalue weighted by Crippen LogP contribution is 1.72. The molecule has 13 heavy (non-hydrogen) atoms. The largest absolute Gasteiger partial charge is 0.329 e. The van der Waals surface area contributed by atoms with Crippen LogP contribution in [0.1, 0.15) is 6.92 Å². The summed E-state index contributed by atoms with van der Waals surface area (Å²) in [6.07, 6.45) is 0. The molecule has 0 radical (unpaired) electrons. The van der Waals surface area contributed by atoms with Crippen LogP contribution in [0.4, 0.5) is 0 Å². The van der Waals surface area contributed by atoms with Gasteiger partial charge in [-0.05, 0) is 0 Å². The summed E-state index contributed by atoms with van der Waals surface area (Å²) in [4.78, 5) is 0. The van der Waals surface area contributed by atoms with Crippen molar-refractivity contribution in [2.24, 2.45) is 11.6 Å². The molecule has 0 bridgehead atoms. The Labute approximate surface area is 80.8 Å². The van der Waals surface area contributed by atoms with Crippen molar-refractivity contribution in [2.75, 3.05) is 45.8 Å². The smallest absolute Gasteiger partial charge is 0.0253 e. The van der Waals surface area contributed by atoms with Gasteiger partial charge in [0.1, 0.15) is 0 Å².